The van der Waals surface area contributed by atoms with E-state index >= 15 is 0 Å². The van der Waals surface area contributed by atoms with Crippen LogP contribution in [-0.4, -0.2) is 57.0 Å². The molecule has 5 rings (SSSR count). The summed E-state index contributed by atoms with van der Waals surface area (Å²) in [5.74, 6) is -0.777. The number of hydrogen-bond acceptors (Lipinski definition) is 6. The number of halogens is 2. The molecule has 3 aromatic rings. The first-order chi connectivity index (χ1) is 20.6. The average molecular weight is 675 g/mol. The maximum Gasteiger partial charge on any atom is 0.264 e. The highest BCUT2D eigenvalue weighted by Gasteiger charge is 2.34. The van der Waals surface area contributed by atoms with Crippen LogP contribution in [0.15, 0.2) is 76.1 Å². The van der Waals surface area contributed by atoms with Crippen LogP contribution in [0.5, 0.6) is 11.5 Å². The largest absolute Gasteiger partial charge is 0.486 e. The van der Waals surface area contributed by atoms with Crippen molar-refractivity contribution in [1.29, 1.82) is 0 Å². The first-order valence-electron chi connectivity index (χ1n) is 14.1. The van der Waals surface area contributed by atoms with Crippen LogP contribution in [0.1, 0.15) is 38.2 Å². The predicted octanol–water partition coefficient (Wildman–Crippen LogP) is 5.03. The maximum atomic E-state index is 14.1. The van der Waals surface area contributed by atoms with Gasteiger partial charge in [-0.2, -0.15) is 0 Å². The zero-order valence-corrected chi connectivity index (χ0v) is 26.1. The van der Waals surface area contributed by atoms with Crippen molar-refractivity contribution in [2.24, 2.45) is 0 Å². The van der Waals surface area contributed by atoms with E-state index in [0.29, 0.717) is 12.4 Å². The Hall–Kier alpha value is -3.64. The third-order valence-electron chi connectivity index (χ3n) is 7.61. The zero-order valence-electron chi connectivity index (χ0n) is 23.7. The molecule has 1 N–H and O–H groups in total. The second-order valence-electron chi connectivity index (χ2n) is 10.6. The van der Waals surface area contributed by atoms with Gasteiger partial charge in [-0.05, 0) is 73.9 Å². The molecule has 0 saturated heterocycles. The topological polar surface area (TPSA) is 105 Å². The highest BCUT2D eigenvalue weighted by molar-refractivity contribution is 9.10. The van der Waals surface area contributed by atoms with Crippen molar-refractivity contribution in [2.45, 2.75) is 56.1 Å². The number of rotatable bonds is 10. The fraction of sp³-hybridized carbons (Fsp3) is 0.355. The van der Waals surface area contributed by atoms with Gasteiger partial charge in [-0.25, -0.2) is 12.8 Å². The van der Waals surface area contributed by atoms with Gasteiger partial charge in [0.2, 0.25) is 11.8 Å². The van der Waals surface area contributed by atoms with Crippen LogP contribution in [0.2, 0.25) is 0 Å². The molecule has 2 aliphatic rings. The number of carbonyl (C=O) groups is 2. The van der Waals surface area contributed by atoms with E-state index in [1.54, 1.807) is 6.92 Å². The zero-order chi connectivity index (χ0) is 30.6. The number of anilines is 1. The van der Waals surface area contributed by atoms with E-state index in [0.717, 1.165) is 52.2 Å². The number of ether oxygens (including phenoxy) is 2. The molecule has 1 atom stereocenters. The third kappa shape index (κ3) is 7.30. The monoisotopic (exact) mass is 673 g/mol. The number of fused-ring (bicyclic) bond motifs is 1. The Labute approximate surface area is 259 Å². The van der Waals surface area contributed by atoms with E-state index in [-0.39, 0.29) is 41.4 Å². The summed E-state index contributed by atoms with van der Waals surface area (Å²) in [6.45, 7) is 1.69. The molecule has 1 heterocycles. The SMILES string of the molecule is C[C@H](C(=O)NC1CCCC1)N(Cc1cccc(Br)c1)C(=O)CN(c1ccc(F)cc1)S(=O)(=O)c1ccc2c(c1)OCCO2. The molecule has 1 aliphatic heterocycles. The number of nitrogens with one attached hydrogen (secondary N) is 1. The van der Waals surface area contributed by atoms with Crippen molar-refractivity contribution in [1.82, 2.24) is 10.2 Å². The third-order valence-corrected chi connectivity index (χ3v) is 9.87. The predicted molar refractivity (Wildman–Crippen MR) is 163 cm³/mol. The quantitative estimate of drug-likeness (QED) is 0.324. The summed E-state index contributed by atoms with van der Waals surface area (Å²) in [7, 11) is -4.35. The molecule has 9 nitrogen and oxygen atoms in total. The Morgan fingerprint density at radius 1 is 1.00 bits per heavy atom. The molecule has 12 heteroatoms. The Balaban J connectivity index is 1.48. The van der Waals surface area contributed by atoms with Crippen LogP contribution in [0.3, 0.4) is 0 Å². The van der Waals surface area contributed by atoms with Crippen molar-refractivity contribution in [3.8, 4) is 11.5 Å². The van der Waals surface area contributed by atoms with Gasteiger partial charge in [-0.15, -0.1) is 0 Å². The lowest BCUT2D eigenvalue weighted by atomic mass is 10.1. The fourth-order valence-corrected chi connectivity index (χ4v) is 7.13. The van der Waals surface area contributed by atoms with E-state index in [4.69, 9.17) is 9.47 Å². The van der Waals surface area contributed by atoms with Gasteiger partial charge < -0.3 is 19.7 Å². The van der Waals surface area contributed by atoms with Crippen molar-refractivity contribution >= 4 is 43.5 Å². The van der Waals surface area contributed by atoms with Crippen LogP contribution in [0.4, 0.5) is 10.1 Å². The molecular weight excluding hydrogens is 641 g/mol. The van der Waals surface area contributed by atoms with Crippen LogP contribution in [0.25, 0.3) is 0 Å². The smallest absolute Gasteiger partial charge is 0.264 e. The summed E-state index contributed by atoms with van der Waals surface area (Å²) in [5, 5.41) is 3.05. The van der Waals surface area contributed by atoms with Gasteiger partial charge in [-0.1, -0.05) is 40.9 Å². The average Bonchev–Trinajstić information content (AvgIpc) is 3.51. The summed E-state index contributed by atoms with van der Waals surface area (Å²) < 4.78 is 54.9. The second kappa shape index (κ2) is 13.3. The Bertz CT molecular complexity index is 1580. The normalized spacial score (nSPS) is 15.5. The molecule has 2 amide bonds. The number of carbonyl (C=O) groups excluding carboxylic acids is 2. The summed E-state index contributed by atoms with van der Waals surface area (Å²) in [6, 6.07) is 15.6. The van der Waals surface area contributed by atoms with Crippen LogP contribution in [-0.2, 0) is 26.2 Å². The van der Waals surface area contributed by atoms with E-state index in [1.165, 1.54) is 35.2 Å². The lowest BCUT2D eigenvalue weighted by molar-refractivity contribution is -0.139. The first-order valence-corrected chi connectivity index (χ1v) is 16.4. The van der Waals surface area contributed by atoms with Crippen molar-refractivity contribution in [3.63, 3.8) is 0 Å². The molecule has 3 aromatic carbocycles. The lowest BCUT2D eigenvalue weighted by Crippen LogP contribution is -2.52. The number of amides is 2. The summed E-state index contributed by atoms with van der Waals surface area (Å²) in [6.07, 6.45) is 3.82. The number of sulfonamides is 1. The van der Waals surface area contributed by atoms with Crippen molar-refractivity contribution < 1.29 is 31.9 Å². The molecule has 228 valence electrons. The molecule has 0 unspecified atom stereocenters. The van der Waals surface area contributed by atoms with Gasteiger partial charge in [0.1, 0.15) is 31.6 Å². The molecule has 1 fully saturated rings. The van der Waals surface area contributed by atoms with Crippen LogP contribution < -0.4 is 19.1 Å². The van der Waals surface area contributed by atoms with Gasteiger partial charge in [0.05, 0.1) is 10.6 Å². The highest BCUT2D eigenvalue weighted by atomic mass is 79.9. The molecule has 0 spiro atoms. The minimum atomic E-state index is -4.35. The minimum Gasteiger partial charge on any atom is -0.486 e. The number of nitrogens with zero attached hydrogens (tertiary/aromatic N) is 2. The molecule has 0 bridgehead atoms. The Kier molecular flexibility index (Phi) is 9.55. The van der Waals surface area contributed by atoms with Gasteiger partial charge >= 0.3 is 0 Å². The van der Waals surface area contributed by atoms with Crippen molar-refractivity contribution in [3.05, 3.63) is 82.6 Å². The highest BCUT2D eigenvalue weighted by Crippen LogP contribution is 2.34. The minimum absolute atomic E-state index is 0.0454. The number of hydrogen-bond donors (Lipinski definition) is 1. The molecule has 1 saturated carbocycles. The van der Waals surface area contributed by atoms with E-state index < -0.39 is 34.3 Å². The Morgan fingerprint density at radius 2 is 1.70 bits per heavy atom. The van der Waals surface area contributed by atoms with E-state index in [2.05, 4.69) is 21.2 Å². The van der Waals surface area contributed by atoms with Crippen LogP contribution in [0, 0.1) is 5.82 Å². The maximum absolute atomic E-state index is 14.1. The molecule has 0 aromatic heterocycles. The lowest BCUT2D eigenvalue weighted by Gasteiger charge is -2.32. The first kappa shape index (κ1) is 30.8. The molecule has 43 heavy (non-hydrogen) atoms. The van der Waals surface area contributed by atoms with E-state index in [1.807, 2.05) is 24.3 Å². The van der Waals surface area contributed by atoms with E-state index in [9.17, 15) is 22.4 Å². The molecular formula is C31H33BrFN3O6S. The number of benzene rings is 3. The summed E-state index contributed by atoms with van der Waals surface area (Å²) >= 11 is 3.45. The fourth-order valence-electron chi connectivity index (χ4n) is 5.25. The summed E-state index contributed by atoms with van der Waals surface area (Å²) in [4.78, 5) is 28.7. The standard InChI is InChI=1S/C31H33BrFN3O6S/c1-21(31(38)34-25-7-2-3-8-25)35(19-22-5-4-6-23(32)17-22)30(37)20-36(26-11-9-24(33)10-12-26)43(39,40)27-13-14-28-29(18-27)42-16-15-41-28/h4-6,9-14,17-18,21,25H,2-3,7-8,15-16,19-20H2,1H3,(H,34,38)/t21-/m1/s1. The van der Waals surface area contributed by atoms with Gasteiger partial charge in [0.25, 0.3) is 10.0 Å². The van der Waals surface area contributed by atoms with Crippen LogP contribution >= 0.6 is 15.9 Å². The Morgan fingerprint density at radius 3 is 2.40 bits per heavy atom. The van der Waals surface area contributed by atoms with Gasteiger partial charge in [-0.3, -0.25) is 13.9 Å². The van der Waals surface area contributed by atoms with Crippen molar-refractivity contribution in [2.75, 3.05) is 24.1 Å². The van der Waals surface area contributed by atoms with Gasteiger partial charge in [0, 0.05) is 23.1 Å². The second-order valence-corrected chi connectivity index (χ2v) is 13.4. The van der Waals surface area contributed by atoms with Gasteiger partial charge in [0.15, 0.2) is 11.5 Å². The molecule has 1 aliphatic carbocycles. The summed E-state index contributed by atoms with van der Waals surface area (Å²) in [5.41, 5.74) is 0.848. The molecule has 0 radical (unpaired) electrons.